The van der Waals surface area contributed by atoms with Crippen molar-refractivity contribution in [2.45, 2.75) is 25.7 Å². The van der Waals surface area contributed by atoms with E-state index < -0.39 is 0 Å². The fourth-order valence-electron chi connectivity index (χ4n) is 4.26. The maximum Gasteiger partial charge on any atom is 0.260 e. The summed E-state index contributed by atoms with van der Waals surface area (Å²) in [5.74, 6) is 1.46. The van der Waals surface area contributed by atoms with Crippen LogP contribution in [0.5, 0.6) is 5.75 Å². The van der Waals surface area contributed by atoms with Crippen molar-refractivity contribution < 1.29 is 14.1 Å². The summed E-state index contributed by atoms with van der Waals surface area (Å²) in [6.45, 7) is 3.19. The molecule has 0 atom stereocenters. The third-order valence-electron chi connectivity index (χ3n) is 6.13. The zero-order chi connectivity index (χ0) is 24.4. The number of hydrogen-bond donors (Lipinski definition) is 0. The first-order valence-corrected chi connectivity index (χ1v) is 13.0. The molecule has 35 heavy (non-hydrogen) atoms. The molecule has 6 nitrogen and oxygen atoms in total. The van der Waals surface area contributed by atoms with Crippen LogP contribution in [-0.2, 0) is 4.79 Å². The minimum absolute atomic E-state index is 0.0531. The lowest BCUT2D eigenvalue weighted by atomic mass is 9.97. The second-order valence-corrected chi connectivity index (χ2v) is 10.2. The van der Waals surface area contributed by atoms with Gasteiger partial charge in [0.15, 0.2) is 6.61 Å². The number of aryl methyl sites for hydroxylation is 1. The SMILES string of the molecule is Cc1onc(-c2ccccc2)c1-c1csc(C2CCN(C(=O)COc3ccc(Cl)cc3Cl)CC2)n1. The van der Waals surface area contributed by atoms with Crippen molar-refractivity contribution in [3.8, 4) is 28.3 Å². The van der Waals surface area contributed by atoms with Gasteiger partial charge in [-0.3, -0.25) is 4.79 Å². The Bertz CT molecular complexity index is 1330. The van der Waals surface area contributed by atoms with Gasteiger partial charge in [0.25, 0.3) is 5.91 Å². The molecule has 9 heteroatoms. The van der Waals surface area contributed by atoms with Gasteiger partial charge in [0.1, 0.15) is 17.2 Å². The van der Waals surface area contributed by atoms with Gasteiger partial charge in [-0.1, -0.05) is 58.7 Å². The van der Waals surface area contributed by atoms with Gasteiger partial charge in [-0.2, -0.15) is 0 Å². The van der Waals surface area contributed by atoms with E-state index in [9.17, 15) is 4.79 Å². The number of halogens is 2. The van der Waals surface area contributed by atoms with Crippen LogP contribution >= 0.6 is 34.5 Å². The average Bonchev–Trinajstić information content (AvgIpc) is 3.50. The molecule has 0 spiro atoms. The highest BCUT2D eigenvalue weighted by Crippen LogP contribution is 2.38. The van der Waals surface area contributed by atoms with E-state index in [4.69, 9.17) is 37.4 Å². The number of nitrogens with zero attached hydrogens (tertiary/aromatic N) is 3. The largest absolute Gasteiger partial charge is 0.482 e. The standard InChI is InChI=1S/C26H23Cl2N3O3S/c1-16-24(25(30-34-16)17-5-3-2-4-6-17)21-15-35-26(29-21)18-9-11-31(12-10-18)23(32)14-33-22-8-7-19(27)13-20(22)28/h2-8,13,15,18H,9-12,14H2,1H3. The predicted octanol–water partition coefficient (Wildman–Crippen LogP) is 6.87. The molecule has 3 heterocycles. The second-order valence-electron chi connectivity index (χ2n) is 8.42. The Labute approximate surface area is 217 Å². The van der Waals surface area contributed by atoms with Gasteiger partial charge in [0, 0.05) is 35.0 Å². The van der Waals surface area contributed by atoms with Crippen LogP contribution in [0.4, 0.5) is 0 Å². The van der Waals surface area contributed by atoms with Gasteiger partial charge in [-0.25, -0.2) is 4.98 Å². The van der Waals surface area contributed by atoms with E-state index in [2.05, 4.69) is 10.5 Å². The predicted molar refractivity (Wildman–Crippen MR) is 138 cm³/mol. The second kappa shape index (κ2) is 10.4. The molecule has 180 valence electrons. The Morgan fingerprint density at radius 3 is 2.69 bits per heavy atom. The number of thiazole rings is 1. The van der Waals surface area contributed by atoms with Crippen LogP contribution in [0.3, 0.4) is 0 Å². The Morgan fingerprint density at radius 2 is 1.94 bits per heavy atom. The van der Waals surface area contributed by atoms with Crippen LogP contribution in [0.25, 0.3) is 22.5 Å². The number of rotatable bonds is 6. The molecule has 0 bridgehead atoms. The maximum absolute atomic E-state index is 12.7. The molecular weight excluding hydrogens is 505 g/mol. The van der Waals surface area contributed by atoms with E-state index in [1.165, 1.54) is 0 Å². The van der Waals surface area contributed by atoms with Crippen molar-refractivity contribution in [2.24, 2.45) is 0 Å². The number of ether oxygens (including phenoxy) is 1. The highest BCUT2D eigenvalue weighted by atomic mass is 35.5. The zero-order valence-electron chi connectivity index (χ0n) is 19.0. The molecule has 1 saturated heterocycles. The van der Waals surface area contributed by atoms with Crippen molar-refractivity contribution in [3.05, 3.63) is 74.7 Å². The first-order valence-electron chi connectivity index (χ1n) is 11.3. The van der Waals surface area contributed by atoms with E-state index in [0.717, 1.165) is 46.1 Å². The highest BCUT2D eigenvalue weighted by molar-refractivity contribution is 7.10. The lowest BCUT2D eigenvalue weighted by molar-refractivity contribution is -0.134. The molecule has 1 amide bonds. The van der Waals surface area contributed by atoms with Gasteiger partial charge in [0.05, 0.1) is 21.3 Å². The minimum atomic E-state index is -0.0538. The van der Waals surface area contributed by atoms with Crippen molar-refractivity contribution in [1.82, 2.24) is 15.0 Å². The third-order valence-corrected chi connectivity index (χ3v) is 7.67. The summed E-state index contributed by atoms with van der Waals surface area (Å²) in [5.41, 5.74) is 3.63. The summed E-state index contributed by atoms with van der Waals surface area (Å²) in [4.78, 5) is 19.5. The third kappa shape index (κ3) is 5.22. The Balaban J connectivity index is 1.21. The fourth-order valence-corrected chi connectivity index (χ4v) is 5.70. The van der Waals surface area contributed by atoms with E-state index in [0.29, 0.717) is 34.8 Å². The summed E-state index contributed by atoms with van der Waals surface area (Å²) in [6, 6.07) is 14.9. The normalized spacial score (nSPS) is 14.3. The molecule has 0 radical (unpaired) electrons. The topological polar surface area (TPSA) is 68.5 Å². The quantitative estimate of drug-likeness (QED) is 0.273. The Morgan fingerprint density at radius 1 is 1.17 bits per heavy atom. The molecule has 5 rings (SSSR count). The minimum Gasteiger partial charge on any atom is -0.482 e. The number of likely N-dealkylation sites (tertiary alicyclic amines) is 1. The Hall–Kier alpha value is -2.87. The fraction of sp³-hybridized carbons (Fsp3) is 0.269. The summed E-state index contributed by atoms with van der Waals surface area (Å²) in [7, 11) is 0. The van der Waals surface area contributed by atoms with E-state index in [-0.39, 0.29) is 12.5 Å². The molecular formula is C26H23Cl2N3O3S. The summed E-state index contributed by atoms with van der Waals surface area (Å²) < 4.78 is 11.1. The van der Waals surface area contributed by atoms with Crippen molar-refractivity contribution in [1.29, 1.82) is 0 Å². The molecule has 0 saturated carbocycles. The van der Waals surface area contributed by atoms with Gasteiger partial charge in [0.2, 0.25) is 0 Å². The first kappa shape index (κ1) is 23.9. The van der Waals surface area contributed by atoms with Crippen LogP contribution in [0.1, 0.15) is 29.5 Å². The van der Waals surface area contributed by atoms with Crippen LogP contribution in [0.2, 0.25) is 10.0 Å². The van der Waals surface area contributed by atoms with Crippen molar-refractivity contribution >= 4 is 40.4 Å². The van der Waals surface area contributed by atoms with Crippen LogP contribution < -0.4 is 4.74 Å². The van der Waals surface area contributed by atoms with Crippen LogP contribution in [0, 0.1) is 6.92 Å². The molecule has 0 unspecified atom stereocenters. The monoisotopic (exact) mass is 527 g/mol. The number of carbonyl (C=O) groups is 1. The number of benzene rings is 2. The van der Waals surface area contributed by atoms with Gasteiger partial charge in [-0.15, -0.1) is 11.3 Å². The maximum atomic E-state index is 12.7. The summed E-state index contributed by atoms with van der Waals surface area (Å²) in [6.07, 6.45) is 1.71. The van der Waals surface area contributed by atoms with Gasteiger partial charge >= 0.3 is 0 Å². The molecule has 2 aromatic heterocycles. The lowest BCUT2D eigenvalue weighted by Crippen LogP contribution is -2.40. The lowest BCUT2D eigenvalue weighted by Gasteiger charge is -2.31. The summed E-state index contributed by atoms with van der Waals surface area (Å²) in [5, 5.41) is 8.35. The highest BCUT2D eigenvalue weighted by Gasteiger charge is 2.27. The zero-order valence-corrected chi connectivity index (χ0v) is 21.4. The molecule has 2 aromatic carbocycles. The van der Waals surface area contributed by atoms with Gasteiger partial charge in [-0.05, 0) is 38.0 Å². The number of carbonyl (C=O) groups excluding carboxylic acids is 1. The number of amides is 1. The van der Waals surface area contributed by atoms with Crippen molar-refractivity contribution in [2.75, 3.05) is 19.7 Å². The first-order chi connectivity index (χ1) is 17.0. The van der Waals surface area contributed by atoms with E-state index >= 15 is 0 Å². The average molecular weight is 528 g/mol. The van der Waals surface area contributed by atoms with E-state index in [1.807, 2.05) is 42.2 Å². The molecule has 1 fully saturated rings. The molecule has 4 aromatic rings. The van der Waals surface area contributed by atoms with E-state index in [1.54, 1.807) is 29.5 Å². The molecule has 0 N–H and O–H groups in total. The number of aromatic nitrogens is 2. The van der Waals surface area contributed by atoms with Crippen LogP contribution in [0.15, 0.2) is 58.4 Å². The van der Waals surface area contributed by atoms with Crippen LogP contribution in [-0.4, -0.2) is 40.6 Å². The molecule has 1 aliphatic rings. The molecule has 1 aliphatic heterocycles. The van der Waals surface area contributed by atoms with Crippen molar-refractivity contribution in [3.63, 3.8) is 0 Å². The smallest absolute Gasteiger partial charge is 0.260 e. The summed E-state index contributed by atoms with van der Waals surface area (Å²) >= 11 is 13.7. The Kier molecular flexibility index (Phi) is 7.09. The molecule has 0 aliphatic carbocycles. The van der Waals surface area contributed by atoms with Gasteiger partial charge < -0.3 is 14.2 Å². The number of piperidine rings is 1. The number of hydrogen-bond acceptors (Lipinski definition) is 6.